The lowest BCUT2D eigenvalue weighted by Crippen LogP contribution is -2.26. The van der Waals surface area contributed by atoms with E-state index in [4.69, 9.17) is 14.9 Å². The molecular formula is C16H17N7O3. The van der Waals surface area contributed by atoms with E-state index in [1.165, 1.54) is 15.5 Å². The molecule has 0 aliphatic heterocycles. The van der Waals surface area contributed by atoms with Crippen LogP contribution in [0.2, 0.25) is 0 Å². The molecule has 0 amide bonds. The predicted molar refractivity (Wildman–Crippen MR) is 92.0 cm³/mol. The highest BCUT2D eigenvalue weighted by Gasteiger charge is 2.20. The Labute approximate surface area is 147 Å². The molecule has 4 rings (SSSR count). The van der Waals surface area contributed by atoms with Crippen molar-refractivity contribution in [3.63, 3.8) is 0 Å². The van der Waals surface area contributed by atoms with Crippen molar-refractivity contribution in [1.82, 2.24) is 29.4 Å². The molecule has 0 aliphatic carbocycles. The normalized spacial score (nSPS) is 12.1. The van der Waals surface area contributed by atoms with Crippen molar-refractivity contribution in [1.29, 1.82) is 0 Å². The Hall–Kier alpha value is -3.43. The molecule has 4 aromatic heterocycles. The van der Waals surface area contributed by atoms with Gasteiger partial charge >= 0.3 is 5.97 Å². The number of rotatable bonds is 3. The minimum absolute atomic E-state index is 0.0428. The molecule has 10 heteroatoms. The van der Waals surface area contributed by atoms with Gasteiger partial charge < -0.3 is 14.9 Å². The lowest BCUT2D eigenvalue weighted by atomic mass is 10.2. The molecular weight excluding hydrogens is 338 g/mol. The molecule has 0 aliphatic rings. The smallest absolute Gasteiger partial charge is 0.328 e. The number of fused-ring (bicyclic) bond motifs is 3. The van der Waals surface area contributed by atoms with E-state index in [0.29, 0.717) is 28.3 Å². The molecule has 0 spiro atoms. The zero-order chi connectivity index (χ0) is 18.5. The number of anilines is 1. The van der Waals surface area contributed by atoms with Gasteiger partial charge in [-0.1, -0.05) is 0 Å². The molecule has 26 heavy (non-hydrogen) atoms. The summed E-state index contributed by atoms with van der Waals surface area (Å²) in [6, 6.07) is 3.50. The first kappa shape index (κ1) is 16.1. The maximum atomic E-state index is 12.0. The Morgan fingerprint density at radius 1 is 1.31 bits per heavy atom. The molecule has 0 saturated carbocycles. The Kier molecular flexibility index (Phi) is 3.43. The molecule has 0 atom stereocenters. The highest BCUT2D eigenvalue weighted by atomic mass is 16.6. The topological polar surface area (TPSA) is 126 Å². The van der Waals surface area contributed by atoms with Gasteiger partial charge in [-0.3, -0.25) is 9.48 Å². The Bertz CT molecular complexity index is 1100. The molecule has 0 bridgehead atoms. The number of esters is 1. The number of nitrogens with two attached hydrogens (primary N) is 1. The summed E-state index contributed by atoms with van der Waals surface area (Å²) in [7, 11) is 0. The Balaban J connectivity index is 1.75. The number of hydrogen-bond donors (Lipinski definition) is 1. The number of nitrogens with zero attached hydrogens (tertiary/aromatic N) is 6. The van der Waals surface area contributed by atoms with Crippen LogP contribution in [0.4, 0.5) is 5.95 Å². The van der Waals surface area contributed by atoms with Crippen LogP contribution in [0.3, 0.4) is 0 Å². The third kappa shape index (κ3) is 2.85. The molecule has 0 saturated heterocycles. The molecule has 0 aromatic carbocycles. The molecule has 4 aromatic rings. The van der Waals surface area contributed by atoms with E-state index >= 15 is 0 Å². The Morgan fingerprint density at radius 3 is 2.81 bits per heavy atom. The molecule has 0 radical (unpaired) electrons. The number of aromatic nitrogens is 6. The lowest BCUT2D eigenvalue weighted by molar-refractivity contribution is -0.155. The number of hydrogen-bond acceptors (Lipinski definition) is 8. The van der Waals surface area contributed by atoms with Gasteiger partial charge in [0.2, 0.25) is 11.8 Å². The van der Waals surface area contributed by atoms with Gasteiger partial charge in [-0.25, -0.2) is 4.98 Å². The van der Waals surface area contributed by atoms with Crippen LogP contribution in [0.15, 0.2) is 29.0 Å². The fraction of sp³-hybridized carbons (Fsp3) is 0.312. The summed E-state index contributed by atoms with van der Waals surface area (Å²) >= 11 is 0. The van der Waals surface area contributed by atoms with Crippen LogP contribution in [-0.2, 0) is 16.1 Å². The zero-order valence-corrected chi connectivity index (χ0v) is 14.5. The van der Waals surface area contributed by atoms with Gasteiger partial charge in [0.05, 0.1) is 11.6 Å². The Morgan fingerprint density at radius 2 is 2.12 bits per heavy atom. The average Bonchev–Trinajstić information content (AvgIpc) is 3.22. The average molecular weight is 355 g/mol. The van der Waals surface area contributed by atoms with E-state index < -0.39 is 11.6 Å². The predicted octanol–water partition coefficient (Wildman–Crippen LogP) is 1.66. The van der Waals surface area contributed by atoms with E-state index in [2.05, 4.69) is 20.2 Å². The first-order chi connectivity index (χ1) is 12.3. The van der Waals surface area contributed by atoms with E-state index in [1.54, 1.807) is 18.3 Å². The van der Waals surface area contributed by atoms with Gasteiger partial charge in [0.15, 0.2) is 17.1 Å². The van der Waals surface area contributed by atoms with Crippen molar-refractivity contribution in [3.05, 3.63) is 24.6 Å². The standard InChI is InChI=1S/C16H17N7O3/c1-16(2,3)26-11(24)8-22-7-9-12(20-22)19-15(17)23-14(9)18-13(21-23)10-5-4-6-25-10/h4-7H,8H2,1-3H3,(H2,17,19,20). The van der Waals surface area contributed by atoms with E-state index in [1.807, 2.05) is 20.8 Å². The fourth-order valence-electron chi connectivity index (χ4n) is 2.55. The molecule has 2 N–H and O–H groups in total. The summed E-state index contributed by atoms with van der Waals surface area (Å²) in [6.07, 6.45) is 3.21. The van der Waals surface area contributed by atoms with Crippen LogP contribution in [0.1, 0.15) is 20.8 Å². The van der Waals surface area contributed by atoms with Crippen molar-refractivity contribution in [2.75, 3.05) is 5.73 Å². The third-order valence-electron chi connectivity index (χ3n) is 3.48. The largest absolute Gasteiger partial charge is 0.461 e. The van der Waals surface area contributed by atoms with E-state index in [0.717, 1.165) is 0 Å². The molecule has 0 unspecified atom stereocenters. The summed E-state index contributed by atoms with van der Waals surface area (Å²) in [5.41, 5.74) is 6.25. The molecule has 4 heterocycles. The van der Waals surface area contributed by atoms with Crippen molar-refractivity contribution in [3.8, 4) is 11.6 Å². The number of nitrogen functional groups attached to an aromatic ring is 1. The summed E-state index contributed by atoms with van der Waals surface area (Å²) in [5.74, 6) is 0.644. The number of carbonyl (C=O) groups is 1. The van der Waals surface area contributed by atoms with E-state index in [9.17, 15) is 4.79 Å². The summed E-state index contributed by atoms with van der Waals surface area (Å²) in [6.45, 7) is 5.38. The molecule has 10 nitrogen and oxygen atoms in total. The van der Waals surface area contributed by atoms with Gasteiger partial charge in [0, 0.05) is 6.20 Å². The summed E-state index contributed by atoms with van der Waals surface area (Å²) in [4.78, 5) is 20.7. The second kappa shape index (κ2) is 5.55. The number of furan rings is 1. The van der Waals surface area contributed by atoms with Crippen LogP contribution in [0, 0.1) is 0 Å². The molecule has 134 valence electrons. The quantitative estimate of drug-likeness (QED) is 0.550. The second-order valence-corrected chi connectivity index (χ2v) is 6.77. The summed E-state index contributed by atoms with van der Waals surface area (Å²) in [5, 5.41) is 9.22. The van der Waals surface area contributed by atoms with Gasteiger partial charge in [-0.05, 0) is 32.9 Å². The van der Waals surface area contributed by atoms with Crippen LogP contribution in [-0.4, -0.2) is 40.9 Å². The zero-order valence-electron chi connectivity index (χ0n) is 14.5. The maximum absolute atomic E-state index is 12.0. The first-order valence-corrected chi connectivity index (χ1v) is 7.95. The fourth-order valence-corrected chi connectivity index (χ4v) is 2.55. The van der Waals surface area contributed by atoms with Crippen molar-refractivity contribution >= 4 is 28.6 Å². The van der Waals surface area contributed by atoms with Crippen LogP contribution < -0.4 is 5.73 Å². The van der Waals surface area contributed by atoms with Gasteiger partial charge in [-0.2, -0.15) is 14.6 Å². The van der Waals surface area contributed by atoms with Crippen LogP contribution in [0.5, 0.6) is 0 Å². The van der Waals surface area contributed by atoms with Crippen LogP contribution in [0.25, 0.3) is 28.3 Å². The molecule has 0 fully saturated rings. The second-order valence-electron chi connectivity index (χ2n) is 6.77. The maximum Gasteiger partial charge on any atom is 0.328 e. The van der Waals surface area contributed by atoms with Crippen molar-refractivity contribution < 1.29 is 13.9 Å². The third-order valence-corrected chi connectivity index (χ3v) is 3.48. The van der Waals surface area contributed by atoms with Gasteiger partial charge in [0.1, 0.15) is 12.1 Å². The van der Waals surface area contributed by atoms with Crippen molar-refractivity contribution in [2.24, 2.45) is 0 Å². The minimum Gasteiger partial charge on any atom is -0.461 e. The van der Waals surface area contributed by atoms with E-state index in [-0.39, 0.29) is 12.5 Å². The first-order valence-electron chi connectivity index (χ1n) is 7.95. The number of carbonyl (C=O) groups excluding carboxylic acids is 1. The minimum atomic E-state index is -0.565. The lowest BCUT2D eigenvalue weighted by Gasteiger charge is -2.19. The van der Waals surface area contributed by atoms with Gasteiger partial charge in [0.25, 0.3) is 0 Å². The SMILES string of the molecule is CC(C)(C)OC(=O)Cn1cc2c(nc(N)n3nc(-c4ccco4)nc23)n1. The van der Waals surface area contributed by atoms with Gasteiger partial charge in [-0.15, -0.1) is 5.10 Å². The number of ether oxygens (including phenoxy) is 1. The summed E-state index contributed by atoms with van der Waals surface area (Å²) < 4.78 is 13.5. The highest BCUT2D eigenvalue weighted by molar-refractivity contribution is 5.90. The van der Waals surface area contributed by atoms with Crippen LogP contribution >= 0.6 is 0 Å². The van der Waals surface area contributed by atoms with Crippen molar-refractivity contribution in [2.45, 2.75) is 32.9 Å². The monoisotopic (exact) mass is 355 g/mol. The highest BCUT2D eigenvalue weighted by Crippen LogP contribution is 2.23.